The van der Waals surface area contributed by atoms with Gasteiger partial charge in [-0.05, 0) is 24.3 Å². The molecule has 0 aliphatic carbocycles. The van der Waals surface area contributed by atoms with E-state index in [1.54, 1.807) is 0 Å². The van der Waals surface area contributed by atoms with Crippen molar-refractivity contribution in [1.29, 1.82) is 0 Å². The summed E-state index contributed by atoms with van der Waals surface area (Å²) in [5.41, 5.74) is -1.43. The molecule has 0 radical (unpaired) electrons. The highest BCUT2D eigenvalue weighted by Crippen LogP contribution is 2.52. The molecular weight excluding hydrogens is 718 g/mol. The molecule has 1 aromatic rings. The van der Waals surface area contributed by atoms with Gasteiger partial charge >= 0.3 is 73.2 Å². The molecule has 0 spiro atoms. The molecule has 1 amide bonds. The summed E-state index contributed by atoms with van der Waals surface area (Å²) < 4.78 is 269. The van der Waals surface area contributed by atoms with E-state index in [9.17, 15) is 91.2 Å². The highest BCUT2D eigenvalue weighted by Gasteiger charge is 2.84. The van der Waals surface area contributed by atoms with Crippen LogP contribution in [0.25, 0.3) is 0 Å². The molecular formula is C13H7F12NO12S4. The lowest BCUT2D eigenvalue weighted by Crippen LogP contribution is -2.63. The topological polar surface area (TPSA) is 215 Å². The summed E-state index contributed by atoms with van der Waals surface area (Å²) in [6.07, 6.45) is 0. The Bertz CT molecular complexity index is 1670. The second-order valence-corrected chi connectivity index (χ2v) is 13.4. The Morgan fingerprint density at radius 2 is 0.929 bits per heavy atom. The maximum atomic E-state index is 13.8. The van der Waals surface area contributed by atoms with E-state index in [4.69, 9.17) is 9.11 Å². The molecule has 1 aromatic carbocycles. The van der Waals surface area contributed by atoms with Crippen molar-refractivity contribution in [3.05, 3.63) is 29.8 Å². The minimum absolute atomic E-state index is 0.0365. The molecule has 0 aliphatic rings. The number of benzene rings is 1. The van der Waals surface area contributed by atoms with Crippen molar-refractivity contribution >= 4 is 46.3 Å². The summed E-state index contributed by atoms with van der Waals surface area (Å²) >= 11 is 0. The van der Waals surface area contributed by atoms with Gasteiger partial charge in [-0.15, -0.1) is 0 Å². The second-order valence-electron chi connectivity index (χ2n) is 7.16. The van der Waals surface area contributed by atoms with Crippen LogP contribution in [0.3, 0.4) is 0 Å². The van der Waals surface area contributed by atoms with Crippen LogP contribution in [-0.4, -0.2) is 81.5 Å². The lowest BCUT2D eigenvalue weighted by Gasteiger charge is -2.30. The third-order valence-electron chi connectivity index (χ3n) is 4.31. The summed E-state index contributed by atoms with van der Waals surface area (Å²) in [5, 5.41) is -28.7. The number of carbonyl (C=O) groups excluding carboxylic acids is 1. The normalized spacial score (nSPS) is 15.3. The molecule has 0 atom stereocenters. The van der Waals surface area contributed by atoms with Gasteiger partial charge in [0, 0.05) is 5.56 Å². The highest BCUT2D eigenvalue weighted by molar-refractivity contribution is 7.91. The van der Waals surface area contributed by atoms with Gasteiger partial charge in [0.05, 0.1) is 0 Å². The van der Waals surface area contributed by atoms with Crippen LogP contribution < -0.4 is 8.91 Å². The first kappa shape index (κ1) is 37.4. The van der Waals surface area contributed by atoms with Gasteiger partial charge < -0.3 is 4.18 Å². The summed E-state index contributed by atoms with van der Waals surface area (Å²) in [5.74, 6) is -19.1. The van der Waals surface area contributed by atoms with E-state index in [2.05, 4.69) is 4.18 Å². The predicted molar refractivity (Wildman–Crippen MR) is 105 cm³/mol. The van der Waals surface area contributed by atoms with Crippen LogP contribution in [0.2, 0.25) is 0 Å². The molecule has 0 saturated heterocycles. The van der Waals surface area contributed by atoms with E-state index in [1.165, 1.54) is 0 Å². The fraction of sp³-hybridized carbons (Fsp3) is 0.462. The zero-order chi connectivity index (χ0) is 34.0. The second kappa shape index (κ2) is 10.2. The predicted octanol–water partition coefficient (Wildman–Crippen LogP) is 1.87. The third-order valence-corrected chi connectivity index (χ3v) is 8.80. The Labute approximate surface area is 224 Å². The minimum Gasteiger partial charge on any atom is -0.378 e. The smallest absolute Gasteiger partial charge is 0.378 e. The van der Waals surface area contributed by atoms with Gasteiger partial charge in [0.15, 0.2) is 0 Å². The molecule has 29 heteroatoms. The van der Waals surface area contributed by atoms with Crippen molar-refractivity contribution in [2.24, 2.45) is 0 Å². The van der Waals surface area contributed by atoms with Crippen LogP contribution in [-0.2, 0) is 40.4 Å². The Morgan fingerprint density at radius 1 is 0.595 bits per heavy atom. The zero-order valence-electron chi connectivity index (χ0n) is 18.5. The fourth-order valence-corrected chi connectivity index (χ4v) is 4.98. The lowest BCUT2D eigenvalue weighted by atomic mass is 10.2. The SMILES string of the molecule is O=C(NS(=O)(=O)C(F)(F)C(F)(F)C(F)(F)S(=O)(=O)O)c1ccc(OS(=O)(=O)C(F)(F)C(F)(F)C(F)(F)S(=O)(=O)O)cc1. The molecule has 1 rings (SSSR count). The summed E-state index contributed by atoms with van der Waals surface area (Å²) in [7, 11) is -29.6. The Balaban J connectivity index is 3.35. The number of amides is 1. The molecule has 0 saturated carbocycles. The van der Waals surface area contributed by atoms with Crippen molar-refractivity contribution in [3.63, 3.8) is 0 Å². The first-order valence-corrected chi connectivity index (χ1v) is 14.7. The summed E-state index contributed by atoms with van der Waals surface area (Å²) in [4.78, 5) is 11.8. The maximum Gasteiger partial charge on any atom is 0.450 e. The fourth-order valence-electron chi connectivity index (χ4n) is 2.07. The van der Waals surface area contributed by atoms with Gasteiger partial charge in [-0.2, -0.15) is 86.4 Å². The number of sulfonamides is 1. The molecule has 0 bridgehead atoms. The van der Waals surface area contributed by atoms with Crippen molar-refractivity contribution in [3.8, 4) is 5.75 Å². The van der Waals surface area contributed by atoms with Crippen LogP contribution in [0.4, 0.5) is 52.7 Å². The van der Waals surface area contributed by atoms with E-state index in [0.717, 1.165) is 0 Å². The Hall–Kier alpha value is -2.63. The van der Waals surface area contributed by atoms with Gasteiger partial charge in [0.25, 0.3) is 5.91 Å². The van der Waals surface area contributed by atoms with Crippen molar-refractivity contribution in [1.82, 2.24) is 4.72 Å². The molecule has 3 N–H and O–H groups in total. The van der Waals surface area contributed by atoms with E-state index in [-0.39, 0.29) is 29.0 Å². The Morgan fingerprint density at radius 3 is 1.26 bits per heavy atom. The van der Waals surface area contributed by atoms with Crippen molar-refractivity contribution in [2.75, 3.05) is 0 Å². The number of alkyl halides is 12. The number of hydrogen-bond acceptors (Lipinski definition) is 10. The monoisotopic (exact) mass is 725 g/mol. The van der Waals surface area contributed by atoms with Crippen LogP contribution in [0.5, 0.6) is 5.75 Å². The van der Waals surface area contributed by atoms with E-state index < -0.39 is 90.5 Å². The molecule has 0 heterocycles. The van der Waals surface area contributed by atoms with E-state index >= 15 is 0 Å². The Kier molecular flexibility index (Phi) is 9.11. The average molecular weight is 725 g/mol. The molecule has 0 aromatic heterocycles. The number of hydrogen-bond donors (Lipinski definition) is 3. The summed E-state index contributed by atoms with van der Waals surface area (Å²) in [6, 6.07) is -0.398. The number of rotatable bonds is 12. The highest BCUT2D eigenvalue weighted by atomic mass is 32.2. The maximum absolute atomic E-state index is 13.8. The lowest BCUT2D eigenvalue weighted by molar-refractivity contribution is -0.247. The molecule has 0 aliphatic heterocycles. The van der Waals surface area contributed by atoms with Gasteiger partial charge in [-0.1, -0.05) is 0 Å². The standard InChI is InChI=1S/C13H7F12NO12S4/c14-8(15,11(20,21)40(30,31)32)10(18,19)39(28,29)26-7(27)5-1-3-6(4-2-5)38-42(36,37)13(24,25)9(16,17)12(22,23)41(33,34)35/h1-4H,(H,26,27)(H,30,31,32)(H,33,34,35). The zero-order valence-corrected chi connectivity index (χ0v) is 21.7. The summed E-state index contributed by atoms with van der Waals surface area (Å²) in [6.45, 7) is 0. The van der Waals surface area contributed by atoms with Gasteiger partial charge in [0.1, 0.15) is 5.75 Å². The van der Waals surface area contributed by atoms with Crippen LogP contribution >= 0.6 is 0 Å². The number of carbonyl (C=O) groups is 1. The quantitative estimate of drug-likeness (QED) is 0.160. The van der Waals surface area contributed by atoms with Crippen LogP contribution in [0, 0.1) is 0 Å². The first-order valence-electron chi connectivity index (χ1n) is 8.88. The number of halogens is 12. The minimum atomic E-state index is -7.48. The van der Waals surface area contributed by atoms with Crippen LogP contribution in [0.1, 0.15) is 10.4 Å². The molecule has 0 unspecified atom stereocenters. The molecule has 13 nitrogen and oxygen atoms in total. The van der Waals surface area contributed by atoms with E-state index in [0.29, 0.717) is 0 Å². The van der Waals surface area contributed by atoms with Gasteiger partial charge in [0.2, 0.25) is 0 Å². The molecule has 244 valence electrons. The van der Waals surface area contributed by atoms with Gasteiger partial charge in [-0.25, -0.2) is 4.72 Å². The first-order chi connectivity index (χ1) is 18.1. The average Bonchev–Trinajstić information content (AvgIpc) is 2.76. The van der Waals surface area contributed by atoms with E-state index in [1.807, 2.05) is 0 Å². The third kappa shape index (κ3) is 5.67. The molecule has 42 heavy (non-hydrogen) atoms. The van der Waals surface area contributed by atoms with Gasteiger partial charge in [-0.3, -0.25) is 13.9 Å². The number of nitrogens with one attached hydrogen (secondary N) is 1. The largest absolute Gasteiger partial charge is 0.450 e. The van der Waals surface area contributed by atoms with Crippen molar-refractivity contribution < 1.29 is 104 Å². The molecule has 0 fully saturated rings. The van der Waals surface area contributed by atoms with Crippen LogP contribution in [0.15, 0.2) is 24.3 Å². The van der Waals surface area contributed by atoms with Crippen molar-refractivity contribution in [2.45, 2.75) is 32.9 Å².